The maximum Gasteiger partial charge on any atom is 0.228 e. The summed E-state index contributed by atoms with van der Waals surface area (Å²) in [5.74, 6) is 0.240. The van der Waals surface area contributed by atoms with E-state index in [0.717, 1.165) is 57.8 Å². The van der Waals surface area contributed by atoms with Crippen LogP contribution in [-0.4, -0.2) is 72.2 Å². The first-order chi connectivity index (χ1) is 12.1. The number of benzene rings is 1. The minimum Gasteiger partial charge on any atom is -0.392 e. The highest BCUT2D eigenvalue weighted by molar-refractivity contribution is 5.95. The number of rotatable bonds is 6. The molecule has 5 nitrogen and oxygen atoms in total. The average Bonchev–Trinajstić information content (AvgIpc) is 3.04. The average molecular weight is 345 g/mol. The Hall–Kier alpha value is -1.43. The number of hydrogen-bond donors (Lipinski definition) is 1. The van der Waals surface area contributed by atoms with Gasteiger partial charge in [0.05, 0.1) is 6.10 Å². The molecule has 1 amide bonds. The lowest BCUT2D eigenvalue weighted by atomic mass is 10.1. The first-order valence-corrected chi connectivity index (χ1v) is 9.61. The van der Waals surface area contributed by atoms with Crippen molar-refractivity contribution in [2.75, 3.05) is 44.2 Å². The standard InChI is InChI=1S/C20H31N3O2/c1-3-18-15-21(12-13-22(18)14-16(2)24)10-9-20(25)23-11-8-17-6-4-5-7-19(17)23/h4-7,16,18,24H,3,8-15H2,1-2H3/t16-,18-/m1/s1. The normalized spacial score (nSPS) is 22.8. The zero-order valence-electron chi connectivity index (χ0n) is 15.5. The zero-order valence-corrected chi connectivity index (χ0v) is 15.5. The number of amides is 1. The number of β-amino-alcohol motifs (C(OH)–C–C–N with tert-alkyl or cyclic N) is 1. The number of aliphatic hydroxyl groups is 1. The van der Waals surface area contributed by atoms with Crippen LogP contribution in [0.1, 0.15) is 32.3 Å². The highest BCUT2D eigenvalue weighted by Crippen LogP contribution is 2.28. The fourth-order valence-corrected chi connectivity index (χ4v) is 4.11. The Balaban J connectivity index is 1.50. The Morgan fingerprint density at radius 3 is 2.84 bits per heavy atom. The first kappa shape index (κ1) is 18.4. The van der Waals surface area contributed by atoms with Crippen molar-refractivity contribution in [2.24, 2.45) is 0 Å². The Morgan fingerprint density at radius 1 is 1.28 bits per heavy atom. The number of para-hydroxylation sites is 1. The number of nitrogens with zero attached hydrogens (tertiary/aromatic N) is 3. The van der Waals surface area contributed by atoms with Crippen LogP contribution in [0.5, 0.6) is 0 Å². The molecule has 0 bridgehead atoms. The molecule has 0 unspecified atom stereocenters. The molecular weight excluding hydrogens is 314 g/mol. The van der Waals surface area contributed by atoms with Gasteiger partial charge in [-0.1, -0.05) is 25.1 Å². The third-order valence-electron chi connectivity index (χ3n) is 5.49. The molecule has 1 aromatic rings. The Labute approximate surface area is 151 Å². The van der Waals surface area contributed by atoms with Crippen molar-refractivity contribution in [3.05, 3.63) is 29.8 Å². The van der Waals surface area contributed by atoms with Crippen molar-refractivity contribution in [3.8, 4) is 0 Å². The monoisotopic (exact) mass is 345 g/mol. The smallest absolute Gasteiger partial charge is 0.228 e. The van der Waals surface area contributed by atoms with E-state index in [2.05, 4.69) is 28.9 Å². The van der Waals surface area contributed by atoms with Crippen molar-refractivity contribution in [3.63, 3.8) is 0 Å². The van der Waals surface area contributed by atoms with Gasteiger partial charge in [-0.2, -0.15) is 0 Å². The molecule has 25 heavy (non-hydrogen) atoms. The minimum atomic E-state index is -0.280. The predicted octanol–water partition coefficient (Wildman–Crippen LogP) is 1.74. The predicted molar refractivity (Wildman–Crippen MR) is 101 cm³/mol. The number of anilines is 1. The van der Waals surface area contributed by atoms with Gasteiger partial charge in [0.25, 0.3) is 0 Å². The topological polar surface area (TPSA) is 47.0 Å². The first-order valence-electron chi connectivity index (χ1n) is 9.61. The van der Waals surface area contributed by atoms with E-state index in [-0.39, 0.29) is 12.0 Å². The van der Waals surface area contributed by atoms with Gasteiger partial charge in [0.15, 0.2) is 0 Å². The molecular formula is C20H31N3O2. The van der Waals surface area contributed by atoms with E-state index in [1.807, 2.05) is 24.0 Å². The fourth-order valence-electron chi connectivity index (χ4n) is 4.11. The molecule has 0 radical (unpaired) electrons. The number of aliphatic hydroxyl groups excluding tert-OH is 1. The van der Waals surface area contributed by atoms with Crippen LogP contribution in [-0.2, 0) is 11.2 Å². The van der Waals surface area contributed by atoms with E-state index in [0.29, 0.717) is 12.5 Å². The lowest BCUT2D eigenvalue weighted by molar-refractivity contribution is -0.119. The van der Waals surface area contributed by atoms with Crippen molar-refractivity contribution in [1.29, 1.82) is 0 Å². The Kier molecular flexibility index (Phi) is 6.10. The molecule has 2 atom stereocenters. The van der Waals surface area contributed by atoms with Gasteiger partial charge in [0.2, 0.25) is 5.91 Å². The molecule has 0 aromatic heterocycles. The van der Waals surface area contributed by atoms with Crippen molar-refractivity contribution < 1.29 is 9.90 Å². The molecule has 3 rings (SSSR count). The zero-order chi connectivity index (χ0) is 17.8. The molecule has 1 fully saturated rings. The third-order valence-corrected chi connectivity index (χ3v) is 5.49. The van der Waals surface area contributed by atoms with E-state index in [1.165, 1.54) is 5.56 Å². The van der Waals surface area contributed by atoms with Crippen LogP contribution in [0.4, 0.5) is 5.69 Å². The molecule has 5 heteroatoms. The third kappa shape index (κ3) is 4.40. The second-order valence-electron chi connectivity index (χ2n) is 7.38. The molecule has 138 valence electrons. The number of carbonyl (C=O) groups excluding carboxylic acids is 1. The number of carbonyl (C=O) groups is 1. The largest absolute Gasteiger partial charge is 0.392 e. The molecule has 0 spiro atoms. The summed E-state index contributed by atoms with van der Waals surface area (Å²) < 4.78 is 0. The summed E-state index contributed by atoms with van der Waals surface area (Å²) in [6, 6.07) is 8.71. The molecule has 2 heterocycles. The minimum absolute atomic E-state index is 0.240. The van der Waals surface area contributed by atoms with E-state index in [1.54, 1.807) is 0 Å². The maximum atomic E-state index is 12.7. The van der Waals surface area contributed by atoms with Gasteiger partial charge in [-0.05, 0) is 31.4 Å². The lowest BCUT2D eigenvalue weighted by Gasteiger charge is -2.41. The molecule has 1 saturated heterocycles. The highest BCUT2D eigenvalue weighted by atomic mass is 16.3. The van der Waals surface area contributed by atoms with Crippen LogP contribution >= 0.6 is 0 Å². The van der Waals surface area contributed by atoms with E-state index in [9.17, 15) is 9.90 Å². The summed E-state index contributed by atoms with van der Waals surface area (Å²) in [7, 11) is 0. The summed E-state index contributed by atoms with van der Waals surface area (Å²) in [4.78, 5) is 19.4. The van der Waals surface area contributed by atoms with Crippen molar-refractivity contribution in [1.82, 2.24) is 9.80 Å². The van der Waals surface area contributed by atoms with Crippen molar-refractivity contribution >= 4 is 11.6 Å². The molecule has 0 aliphatic carbocycles. The summed E-state index contributed by atoms with van der Waals surface area (Å²) in [5.41, 5.74) is 2.38. The summed E-state index contributed by atoms with van der Waals surface area (Å²) in [6.45, 7) is 9.40. The molecule has 2 aliphatic heterocycles. The maximum absolute atomic E-state index is 12.7. The number of piperazine rings is 1. The van der Waals surface area contributed by atoms with Crippen molar-refractivity contribution in [2.45, 2.75) is 45.3 Å². The number of hydrogen-bond acceptors (Lipinski definition) is 4. The molecule has 0 saturated carbocycles. The second-order valence-corrected chi connectivity index (χ2v) is 7.38. The molecule has 2 aliphatic rings. The van der Waals surface area contributed by atoms with E-state index >= 15 is 0 Å². The summed E-state index contributed by atoms with van der Waals surface area (Å²) in [5, 5.41) is 9.66. The van der Waals surface area contributed by atoms with Crippen LogP contribution in [0.15, 0.2) is 24.3 Å². The van der Waals surface area contributed by atoms with Gasteiger partial charge in [-0.3, -0.25) is 14.6 Å². The van der Waals surface area contributed by atoms with Gasteiger partial charge in [0.1, 0.15) is 0 Å². The van der Waals surface area contributed by atoms with Crippen LogP contribution in [0.2, 0.25) is 0 Å². The van der Waals surface area contributed by atoms with Crippen LogP contribution in [0.3, 0.4) is 0 Å². The SMILES string of the molecule is CC[C@@H]1CN(CCC(=O)N2CCc3ccccc32)CCN1C[C@@H](C)O. The lowest BCUT2D eigenvalue weighted by Crippen LogP contribution is -2.54. The van der Waals surface area contributed by atoms with Gasteiger partial charge in [0, 0.05) is 57.4 Å². The van der Waals surface area contributed by atoms with Gasteiger partial charge < -0.3 is 10.0 Å². The molecule has 1 N–H and O–H groups in total. The van der Waals surface area contributed by atoms with Gasteiger partial charge in [-0.15, -0.1) is 0 Å². The van der Waals surface area contributed by atoms with Crippen LogP contribution in [0, 0.1) is 0 Å². The highest BCUT2D eigenvalue weighted by Gasteiger charge is 2.28. The Morgan fingerprint density at radius 2 is 2.08 bits per heavy atom. The summed E-state index contributed by atoms with van der Waals surface area (Å²) >= 11 is 0. The quantitative estimate of drug-likeness (QED) is 0.853. The van der Waals surface area contributed by atoms with E-state index < -0.39 is 0 Å². The van der Waals surface area contributed by atoms with Crippen LogP contribution < -0.4 is 4.90 Å². The van der Waals surface area contributed by atoms with E-state index in [4.69, 9.17) is 0 Å². The second kappa shape index (κ2) is 8.30. The van der Waals surface area contributed by atoms with Crippen LogP contribution in [0.25, 0.3) is 0 Å². The van der Waals surface area contributed by atoms with Gasteiger partial charge >= 0.3 is 0 Å². The Bertz CT molecular complexity index is 590. The van der Waals surface area contributed by atoms with Gasteiger partial charge in [-0.25, -0.2) is 0 Å². The number of fused-ring (bicyclic) bond motifs is 1. The molecule has 1 aromatic carbocycles. The summed E-state index contributed by atoms with van der Waals surface area (Å²) in [6.07, 6.45) is 2.35. The fraction of sp³-hybridized carbons (Fsp3) is 0.650.